The summed E-state index contributed by atoms with van der Waals surface area (Å²) in [7, 11) is 2.03. The third-order valence-corrected chi connectivity index (χ3v) is 4.67. The average Bonchev–Trinajstić information content (AvgIpc) is 3.39. The van der Waals surface area contributed by atoms with Crippen molar-refractivity contribution in [2.24, 2.45) is 0 Å². The number of nitrogens with zero attached hydrogens (tertiary/aromatic N) is 2. The summed E-state index contributed by atoms with van der Waals surface area (Å²) in [5.74, 6) is 0.363. The summed E-state index contributed by atoms with van der Waals surface area (Å²) in [4.78, 5) is 14.7. The van der Waals surface area contributed by atoms with Gasteiger partial charge >= 0.3 is 0 Å². The zero-order valence-corrected chi connectivity index (χ0v) is 14.8. The van der Waals surface area contributed by atoms with Crippen LogP contribution in [0, 0.1) is 0 Å². The van der Waals surface area contributed by atoms with Gasteiger partial charge in [0.05, 0.1) is 11.4 Å². The fourth-order valence-corrected chi connectivity index (χ4v) is 3.10. The Kier molecular flexibility index (Phi) is 4.44. The lowest BCUT2D eigenvalue weighted by Gasteiger charge is -2.22. The molecule has 1 aliphatic rings. The maximum Gasteiger partial charge on any atom is 0.276 e. The van der Waals surface area contributed by atoms with Gasteiger partial charge < -0.3 is 10.2 Å². The van der Waals surface area contributed by atoms with Crippen molar-refractivity contribution in [3.8, 4) is 0 Å². The Bertz CT molecular complexity index is 899. The number of nitrogens with one attached hydrogen (secondary N) is 2. The molecule has 1 aliphatic carbocycles. The highest BCUT2D eigenvalue weighted by Gasteiger charge is 2.26. The van der Waals surface area contributed by atoms with Gasteiger partial charge in [0.2, 0.25) is 0 Å². The Morgan fingerprint density at radius 1 is 1.15 bits per heavy atom. The zero-order valence-electron chi connectivity index (χ0n) is 14.8. The van der Waals surface area contributed by atoms with Crippen LogP contribution in [0.3, 0.4) is 0 Å². The van der Waals surface area contributed by atoms with Crippen LogP contribution in [0.25, 0.3) is 0 Å². The van der Waals surface area contributed by atoms with Gasteiger partial charge in [0.15, 0.2) is 5.69 Å². The predicted octanol–water partition coefficient (Wildman–Crippen LogP) is 4.18. The first-order valence-electron chi connectivity index (χ1n) is 8.91. The van der Waals surface area contributed by atoms with Crippen molar-refractivity contribution >= 4 is 17.3 Å². The number of carbonyl (C=O) groups excluding carboxylic acids is 1. The first-order chi connectivity index (χ1) is 12.7. The molecule has 1 saturated carbocycles. The second-order valence-electron chi connectivity index (χ2n) is 6.80. The van der Waals surface area contributed by atoms with Gasteiger partial charge in [-0.05, 0) is 36.6 Å². The molecule has 0 spiro atoms. The summed E-state index contributed by atoms with van der Waals surface area (Å²) >= 11 is 0. The summed E-state index contributed by atoms with van der Waals surface area (Å²) in [6.07, 6.45) is 2.35. The van der Waals surface area contributed by atoms with E-state index in [-0.39, 0.29) is 5.91 Å². The Hall–Kier alpha value is -3.08. The molecule has 5 nitrogen and oxygen atoms in total. The van der Waals surface area contributed by atoms with E-state index in [4.69, 9.17) is 0 Å². The third kappa shape index (κ3) is 3.61. The quantitative estimate of drug-likeness (QED) is 0.704. The lowest BCUT2D eigenvalue weighted by Crippen LogP contribution is -2.20. The fraction of sp³-hybridized carbons (Fsp3) is 0.238. The van der Waals surface area contributed by atoms with Crippen LogP contribution in [0.5, 0.6) is 0 Å². The van der Waals surface area contributed by atoms with Crippen LogP contribution in [0.15, 0.2) is 60.7 Å². The van der Waals surface area contributed by atoms with Crippen molar-refractivity contribution in [3.63, 3.8) is 0 Å². The molecule has 3 aromatic rings. The van der Waals surface area contributed by atoms with Crippen molar-refractivity contribution < 1.29 is 4.79 Å². The highest BCUT2D eigenvalue weighted by Crippen LogP contribution is 2.39. The van der Waals surface area contributed by atoms with Crippen LogP contribution in [-0.4, -0.2) is 23.2 Å². The monoisotopic (exact) mass is 346 g/mol. The van der Waals surface area contributed by atoms with Crippen molar-refractivity contribution in [1.29, 1.82) is 0 Å². The van der Waals surface area contributed by atoms with E-state index in [1.807, 2.05) is 55.6 Å². The van der Waals surface area contributed by atoms with Gasteiger partial charge in [-0.25, -0.2) is 0 Å². The van der Waals surface area contributed by atoms with E-state index >= 15 is 0 Å². The lowest BCUT2D eigenvalue weighted by molar-refractivity contribution is 0.102. The molecule has 0 atom stereocenters. The van der Waals surface area contributed by atoms with Crippen molar-refractivity contribution in [2.45, 2.75) is 25.3 Å². The number of H-pyrrole nitrogens is 1. The summed E-state index contributed by atoms with van der Waals surface area (Å²) in [6, 6.07) is 20.0. The number of para-hydroxylation sites is 2. The number of aromatic amines is 1. The van der Waals surface area contributed by atoms with Gasteiger partial charge in [0.25, 0.3) is 5.91 Å². The highest BCUT2D eigenvalue weighted by atomic mass is 16.1. The summed E-state index contributed by atoms with van der Waals surface area (Å²) in [5, 5.41) is 10.2. The second kappa shape index (κ2) is 7.04. The first kappa shape index (κ1) is 16.4. The highest BCUT2D eigenvalue weighted by molar-refractivity contribution is 6.04. The van der Waals surface area contributed by atoms with Crippen LogP contribution in [0.1, 0.15) is 40.5 Å². The number of carbonyl (C=O) groups is 1. The zero-order chi connectivity index (χ0) is 17.9. The second-order valence-corrected chi connectivity index (χ2v) is 6.80. The predicted molar refractivity (Wildman–Crippen MR) is 104 cm³/mol. The summed E-state index contributed by atoms with van der Waals surface area (Å²) in [6.45, 7) is 0.766. The van der Waals surface area contributed by atoms with Crippen LogP contribution in [0.2, 0.25) is 0 Å². The number of benzene rings is 2. The Balaban J connectivity index is 1.50. The van der Waals surface area contributed by atoms with Crippen LogP contribution < -0.4 is 10.2 Å². The van der Waals surface area contributed by atoms with Crippen molar-refractivity contribution in [3.05, 3.63) is 77.6 Å². The molecule has 0 bridgehead atoms. The maximum absolute atomic E-state index is 12.6. The van der Waals surface area contributed by atoms with Crippen LogP contribution in [0.4, 0.5) is 11.4 Å². The molecule has 0 saturated heterocycles. The number of rotatable bonds is 6. The Morgan fingerprint density at radius 3 is 2.65 bits per heavy atom. The molecule has 0 unspecified atom stereocenters. The van der Waals surface area contributed by atoms with Gasteiger partial charge in [-0.3, -0.25) is 9.89 Å². The number of anilines is 2. The minimum Gasteiger partial charge on any atom is -0.369 e. The molecule has 1 aromatic heterocycles. The van der Waals surface area contributed by atoms with Gasteiger partial charge in [0, 0.05) is 25.2 Å². The van der Waals surface area contributed by atoms with Gasteiger partial charge in [-0.15, -0.1) is 0 Å². The van der Waals surface area contributed by atoms with E-state index in [9.17, 15) is 4.79 Å². The largest absolute Gasteiger partial charge is 0.369 e. The molecule has 26 heavy (non-hydrogen) atoms. The molecular formula is C21H22N4O. The van der Waals surface area contributed by atoms with Crippen LogP contribution >= 0.6 is 0 Å². The molecule has 2 aromatic carbocycles. The number of hydrogen-bond donors (Lipinski definition) is 2. The SMILES string of the molecule is CN(Cc1ccccc1)c1ccccc1NC(=O)c1cc(C2CC2)[nH]n1. The molecule has 1 heterocycles. The lowest BCUT2D eigenvalue weighted by atomic mass is 10.2. The molecule has 132 valence electrons. The van der Waals surface area contributed by atoms with Crippen molar-refractivity contribution in [2.75, 3.05) is 17.3 Å². The molecule has 1 fully saturated rings. The fourth-order valence-electron chi connectivity index (χ4n) is 3.10. The van der Waals surface area contributed by atoms with E-state index in [0.717, 1.165) is 23.6 Å². The van der Waals surface area contributed by atoms with Crippen molar-refractivity contribution in [1.82, 2.24) is 10.2 Å². The maximum atomic E-state index is 12.6. The van der Waals surface area contributed by atoms with Gasteiger partial charge in [0.1, 0.15) is 0 Å². The van der Waals surface area contributed by atoms with E-state index in [2.05, 4.69) is 32.5 Å². The number of aromatic nitrogens is 2. The van der Waals surface area contributed by atoms with E-state index in [1.165, 1.54) is 18.4 Å². The average molecular weight is 346 g/mol. The summed E-state index contributed by atoms with van der Waals surface area (Å²) < 4.78 is 0. The number of amides is 1. The molecular weight excluding hydrogens is 324 g/mol. The van der Waals surface area contributed by atoms with E-state index < -0.39 is 0 Å². The topological polar surface area (TPSA) is 61.0 Å². The van der Waals surface area contributed by atoms with E-state index in [1.54, 1.807) is 0 Å². The Morgan fingerprint density at radius 2 is 1.88 bits per heavy atom. The van der Waals surface area contributed by atoms with Crippen LogP contribution in [-0.2, 0) is 6.54 Å². The first-order valence-corrected chi connectivity index (χ1v) is 8.91. The molecule has 2 N–H and O–H groups in total. The number of hydrogen-bond acceptors (Lipinski definition) is 3. The standard InChI is InChI=1S/C21H22N4O/c1-25(14-15-7-3-2-4-8-15)20-10-6-5-9-17(20)22-21(26)19-13-18(23-24-19)16-11-12-16/h2-10,13,16H,11-12,14H2,1H3,(H,22,26)(H,23,24). The minimum absolute atomic E-state index is 0.186. The third-order valence-electron chi connectivity index (χ3n) is 4.67. The Labute approximate surface area is 153 Å². The normalized spacial score (nSPS) is 13.4. The molecule has 1 amide bonds. The van der Waals surface area contributed by atoms with Gasteiger partial charge in [-0.1, -0.05) is 42.5 Å². The van der Waals surface area contributed by atoms with Gasteiger partial charge in [-0.2, -0.15) is 5.10 Å². The molecule has 0 radical (unpaired) electrons. The minimum atomic E-state index is -0.186. The smallest absolute Gasteiger partial charge is 0.276 e. The van der Waals surface area contributed by atoms with E-state index in [0.29, 0.717) is 11.6 Å². The molecule has 4 rings (SSSR count). The molecule has 5 heteroatoms. The molecule has 0 aliphatic heterocycles. The summed E-state index contributed by atoms with van der Waals surface area (Å²) in [5.41, 5.74) is 4.48.